The highest BCUT2D eigenvalue weighted by Gasteiger charge is 2.44. The fourth-order valence-corrected chi connectivity index (χ4v) is 14.0. The van der Waals surface area contributed by atoms with Crippen LogP contribution in [0.4, 0.5) is 0 Å². The van der Waals surface area contributed by atoms with Gasteiger partial charge in [-0.1, -0.05) is 166 Å². The van der Waals surface area contributed by atoms with Crippen molar-refractivity contribution in [2.45, 2.75) is 50.9 Å². The van der Waals surface area contributed by atoms with Gasteiger partial charge in [0.25, 0.3) is 0 Å². The second-order valence-electron chi connectivity index (χ2n) is 19.7. The Hall–Kier alpha value is -7.18. The molecule has 2 aliphatic rings. The Balaban J connectivity index is 1.18. The SMILES string of the molecule is C=C1CC2C(CCc3ccc4c(sc5ccccc54)c3-c3n(-c4ccc(-c5ccccc5)cc4-c4ccccc4)c4ccc5ccccc5c4[n+]31)c1ccccc1-c1ccc([Si](C)(C)C)c[n+]12. The molecule has 3 nitrogen and oxygen atoms in total. The van der Waals surface area contributed by atoms with E-state index in [4.69, 9.17) is 6.58 Å². The van der Waals surface area contributed by atoms with E-state index in [1.807, 2.05) is 11.3 Å². The predicted molar refractivity (Wildman–Crippen MR) is 285 cm³/mol. The Morgan fingerprint density at radius 3 is 2.18 bits per heavy atom. The van der Waals surface area contributed by atoms with Crippen molar-refractivity contribution in [1.82, 2.24) is 4.57 Å². The molecule has 0 spiro atoms. The lowest BCUT2D eigenvalue weighted by atomic mass is 9.77. The van der Waals surface area contributed by atoms with Gasteiger partial charge in [0.1, 0.15) is 11.4 Å². The summed E-state index contributed by atoms with van der Waals surface area (Å²) in [5.41, 5.74) is 16.2. The number of pyridine rings is 1. The van der Waals surface area contributed by atoms with Crippen LogP contribution in [0.2, 0.25) is 19.6 Å². The summed E-state index contributed by atoms with van der Waals surface area (Å²) in [4.78, 5) is 0. The molecule has 2 unspecified atom stereocenters. The first-order chi connectivity index (χ1) is 32.8. The van der Waals surface area contributed by atoms with Crippen LogP contribution in [-0.4, -0.2) is 12.6 Å². The number of fused-ring (bicyclic) bond motifs is 17. The van der Waals surface area contributed by atoms with E-state index in [0.29, 0.717) is 0 Å². The Kier molecular flexibility index (Phi) is 9.25. The van der Waals surface area contributed by atoms with Gasteiger partial charge in [0.2, 0.25) is 5.69 Å². The smallest absolute Gasteiger partial charge is 0.195 e. The molecule has 0 bridgehead atoms. The van der Waals surface area contributed by atoms with Crippen LogP contribution in [0.15, 0.2) is 201 Å². The molecule has 0 radical (unpaired) electrons. The van der Waals surface area contributed by atoms with Crippen molar-refractivity contribution in [3.05, 3.63) is 212 Å². The molecule has 0 N–H and O–H groups in total. The Labute approximate surface area is 397 Å². The molecule has 322 valence electrons. The average molecular weight is 898 g/mol. The fraction of sp³-hybridized carbons (Fsp3) is 0.129. The van der Waals surface area contributed by atoms with Gasteiger partial charge in [0.05, 0.1) is 24.8 Å². The summed E-state index contributed by atoms with van der Waals surface area (Å²) in [6.07, 6.45) is 5.29. The molecule has 2 aliphatic heterocycles. The van der Waals surface area contributed by atoms with Crippen LogP contribution < -0.4 is 14.3 Å². The second kappa shape index (κ2) is 15.4. The molecule has 5 heterocycles. The standard InChI is InChI=1S/C62H51N3SSi/c1-40-37-57-50(48-23-13-14-24-49(48)54-36-31-46(39-63(54)57)67(2,3)4)32-27-44-28-33-52-51-25-15-16-26-58(51)66-61(52)59(44)62-64(40)60-47-22-12-11-21-43(47)29-35-56(60)65(62)55-34-30-45(41-17-7-5-8-18-41)38-53(55)42-19-9-6-10-20-42/h5-26,28-31,33-36,38-39,50,57H,1,27,32,37H2,2-4H3/q+2. The van der Waals surface area contributed by atoms with Crippen molar-refractivity contribution in [2.24, 2.45) is 0 Å². The molecular formula is C62H51N3SSi+2. The monoisotopic (exact) mass is 897 g/mol. The number of nitrogens with zero attached hydrogens (tertiary/aromatic N) is 3. The van der Waals surface area contributed by atoms with Gasteiger partial charge in [-0.3, -0.25) is 0 Å². The number of imidazole rings is 1. The number of thiophene rings is 1. The number of hydrogen-bond acceptors (Lipinski definition) is 1. The highest BCUT2D eigenvalue weighted by atomic mass is 32.1. The first-order valence-corrected chi connectivity index (χ1v) is 28.1. The van der Waals surface area contributed by atoms with Crippen LogP contribution in [0.25, 0.3) is 98.3 Å². The van der Waals surface area contributed by atoms with Crippen LogP contribution in [0.1, 0.15) is 35.9 Å². The number of aryl methyl sites for hydroxylation is 1. The summed E-state index contributed by atoms with van der Waals surface area (Å²) in [7, 11) is -1.65. The third-order valence-electron chi connectivity index (χ3n) is 14.8. The minimum atomic E-state index is -1.65. The molecule has 13 rings (SSSR count). The highest BCUT2D eigenvalue weighted by Crippen LogP contribution is 2.49. The van der Waals surface area contributed by atoms with Crippen molar-refractivity contribution in [3.63, 3.8) is 0 Å². The molecule has 0 amide bonds. The Morgan fingerprint density at radius 1 is 0.627 bits per heavy atom. The summed E-state index contributed by atoms with van der Waals surface area (Å²) in [6, 6.07) is 70.7. The molecular weight excluding hydrogens is 847 g/mol. The van der Waals surface area contributed by atoms with E-state index < -0.39 is 8.07 Å². The Bertz CT molecular complexity index is 3800. The molecule has 11 aromatic rings. The lowest BCUT2D eigenvalue weighted by molar-refractivity contribution is -0.719. The first kappa shape index (κ1) is 40.1. The lowest BCUT2D eigenvalue weighted by Crippen LogP contribution is -2.53. The number of allylic oxidation sites excluding steroid dienone is 1. The van der Waals surface area contributed by atoms with Crippen molar-refractivity contribution >= 4 is 72.3 Å². The number of rotatable bonds is 4. The molecule has 0 fully saturated rings. The first-order valence-electron chi connectivity index (χ1n) is 23.8. The third kappa shape index (κ3) is 6.36. The van der Waals surface area contributed by atoms with E-state index >= 15 is 0 Å². The van der Waals surface area contributed by atoms with E-state index in [-0.39, 0.29) is 12.0 Å². The van der Waals surface area contributed by atoms with Gasteiger partial charge >= 0.3 is 5.82 Å². The summed E-state index contributed by atoms with van der Waals surface area (Å²) in [5, 5.41) is 6.55. The van der Waals surface area contributed by atoms with Crippen LogP contribution in [0.3, 0.4) is 0 Å². The van der Waals surface area contributed by atoms with Crippen molar-refractivity contribution in [3.8, 4) is 50.6 Å². The predicted octanol–water partition coefficient (Wildman–Crippen LogP) is 15.1. The van der Waals surface area contributed by atoms with Crippen LogP contribution >= 0.6 is 11.3 Å². The number of benzene rings is 8. The van der Waals surface area contributed by atoms with E-state index in [1.165, 1.54) is 103 Å². The fourth-order valence-electron chi connectivity index (χ4n) is 11.6. The summed E-state index contributed by atoms with van der Waals surface area (Å²) >= 11 is 1.94. The van der Waals surface area contributed by atoms with Crippen LogP contribution in [0.5, 0.6) is 0 Å². The molecule has 8 aromatic carbocycles. The van der Waals surface area contributed by atoms with Gasteiger partial charge < -0.3 is 0 Å². The molecule has 0 saturated carbocycles. The van der Waals surface area contributed by atoms with E-state index in [9.17, 15) is 0 Å². The Morgan fingerprint density at radius 2 is 1.36 bits per heavy atom. The lowest BCUT2D eigenvalue weighted by Gasteiger charge is -2.32. The molecule has 0 saturated heterocycles. The summed E-state index contributed by atoms with van der Waals surface area (Å²) in [5.74, 6) is 1.46. The normalized spacial score (nSPS) is 15.8. The molecule has 2 atom stereocenters. The van der Waals surface area contributed by atoms with Crippen LogP contribution in [0, 0.1) is 0 Å². The van der Waals surface area contributed by atoms with E-state index in [1.54, 1.807) is 0 Å². The number of aromatic nitrogens is 3. The average Bonchev–Trinajstić information content (AvgIpc) is 3.92. The van der Waals surface area contributed by atoms with Crippen LogP contribution in [-0.2, 0) is 6.42 Å². The largest absolute Gasteiger partial charge is 0.301 e. The maximum Gasteiger partial charge on any atom is 0.301 e. The maximum absolute atomic E-state index is 5.26. The van der Waals surface area contributed by atoms with Gasteiger partial charge in [-0.2, -0.15) is 13.7 Å². The minimum absolute atomic E-state index is 0.169. The molecule has 3 aromatic heterocycles. The summed E-state index contributed by atoms with van der Waals surface area (Å²) in [6.45, 7) is 12.7. The number of hydrogen-bond donors (Lipinski definition) is 0. The maximum atomic E-state index is 5.26. The van der Waals surface area contributed by atoms with Gasteiger partial charge in [-0.25, -0.2) is 0 Å². The van der Waals surface area contributed by atoms with Crippen molar-refractivity contribution < 1.29 is 9.13 Å². The summed E-state index contributed by atoms with van der Waals surface area (Å²) < 4.78 is 10.6. The zero-order valence-electron chi connectivity index (χ0n) is 38.2. The van der Waals surface area contributed by atoms with E-state index in [2.05, 4.69) is 228 Å². The molecule has 0 aliphatic carbocycles. The zero-order chi connectivity index (χ0) is 45.0. The molecule has 67 heavy (non-hydrogen) atoms. The van der Waals surface area contributed by atoms with E-state index in [0.717, 1.165) is 30.6 Å². The third-order valence-corrected chi connectivity index (χ3v) is 18.1. The highest BCUT2D eigenvalue weighted by molar-refractivity contribution is 7.26. The van der Waals surface area contributed by atoms with Gasteiger partial charge in [-0.05, 0) is 88.5 Å². The topological polar surface area (TPSA) is 12.7 Å². The van der Waals surface area contributed by atoms with Gasteiger partial charge in [0, 0.05) is 49.2 Å². The minimum Gasteiger partial charge on any atom is -0.195 e. The van der Waals surface area contributed by atoms with Gasteiger partial charge in [-0.15, -0.1) is 11.3 Å². The van der Waals surface area contributed by atoms with Gasteiger partial charge in [0.15, 0.2) is 23.3 Å². The quantitative estimate of drug-likeness (QED) is 0.123. The zero-order valence-corrected chi connectivity index (χ0v) is 40.0. The van der Waals surface area contributed by atoms with Crippen molar-refractivity contribution in [2.75, 3.05) is 0 Å². The molecule has 5 heteroatoms. The van der Waals surface area contributed by atoms with Crippen molar-refractivity contribution in [1.29, 1.82) is 0 Å². The second-order valence-corrected chi connectivity index (χ2v) is 25.8.